The highest BCUT2D eigenvalue weighted by molar-refractivity contribution is 5.71. The summed E-state index contributed by atoms with van der Waals surface area (Å²) in [5.41, 5.74) is 0. The van der Waals surface area contributed by atoms with E-state index in [0.29, 0.717) is 6.54 Å². The van der Waals surface area contributed by atoms with Crippen LogP contribution in [0.5, 0.6) is 0 Å². The minimum absolute atomic E-state index is 0.272. The number of aliphatic hydroxyl groups is 1. The van der Waals surface area contributed by atoms with Gasteiger partial charge < -0.3 is 14.7 Å². The summed E-state index contributed by atoms with van der Waals surface area (Å²) in [6.07, 6.45) is 6.38. The van der Waals surface area contributed by atoms with E-state index in [1.54, 1.807) is 13.0 Å². The zero-order chi connectivity index (χ0) is 13.5. The molecule has 0 amide bonds. The Bertz CT molecular complexity index is 261. The molecule has 2 atom stereocenters. The number of carboxylic acid groups (broad SMARTS) is 1. The normalized spacial score (nSPS) is 16.1. The van der Waals surface area contributed by atoms with Crippen LogP contribution in [0.4, 0.5) is 0 Å². The molecule has 2 unspecified atom stereocenters. The Hall–Kier alpha value is -0.870. The van der Waals surface area contributed by atoms with Crippen molar-refractivity contribution in [3.8, 4) is 0 Å². The second-order valence-electron chi connectivity index (χ2n) is 5.11. The Morgan fingerprint density at radius 1 is 1.41 bits per heavy atom. The van der Waals surface area contributed by atoms with Crippen molar-refractivity contribution in [2.45, 2.75) is 45.3 Å². The number of carboxylic acids is 1. The van der Waals surface area contributed by atoms with Gasteiger partial charge in [0.1, 0.15) is 12.6 Å². The molecule has 0 aromatic carbocycles. The molecule has 4 heteroatoms. The van der Waals surface area contributed by atoms with Gasteiger partial charge in [-0.15, -0.1) is 0 Å². The number of allylic oxidation sites excluding steroid dienone is 1. The summed E-state index contributed by atoms with van der Waals surface area (Å²) < 4.78 is 0.272. The molecule has 0 aliphatic heterocycles. The van der Waals surface area contributed by atoms with Crippen LogP contribution in [0.15, 0.2) is 12.2 Å². The van der Waals surface area contributed by atoms with E-state index in [2.05, 4.69) is 6.92 Å². The number of rotatable bonds is 8. The van der Waals surface area contributed by atoms with Crippen LogP contribution >= 0.6 is 0 Å². The summed E-state index contributed by atoms with van der Waals surface area (Å²) in [6, 6.07) is -0.520. The maximum atomic E-state index is 10.9. The standard InChI is InChI=1S/C13H25NO3/c1-5-6-7-8-9-12(15)10-14(3,4)11(2)13(16)17/h8-9,11-12,15H,5-7,10H2,1-4H3/p+1/b9-8+. The van der Waals surface area contributed by atoms with Crippen LogP contribution in [-0.2, 0) is 4.79 Å². The lowest BCUT2D eigenvalue weighted by Gasteiger charge is -2.34. The summed E-state index contributed by atoms with van der Waals surface area (Å²) in [5.74, 6) is -0.836. The Kier molecular flexibility index (Phi) is 7.07. The first-order valence-corrected chi connectivity index (χ1v) is 6.21. The van der Waals surface area contributed by atoms with Gasteiger partial charge in [-0.2, -0.15) is 0 Å². The predicted octanol–water partition coefficient (Wildman–Crippen LogP) is 1.64. The SMILES string of the molecule is CCCC/C=C/C(O)C[N+](C)(C)C(C)C(=O)O. The molecule has 2 N–H and O–H groups in total. The molecule has 0 aliphatic carbocycles. The number of aliphatic hydroxyl groups excluding tert-OH is 1. The van der Waals surface area contributed by atoms with E-state index in [9.17, 15) is 9.90 Å². The number of likely N-dealkylation sites (N-methyl/N-ethyl adjacent to an activating group) is 1. The molecule has 0 saturated carbocycles. The Balaban J connectivity index is 4.21. The molecule has 0 bridgehead atoms. The average Bonchev–Trinajstić information content (AvgIpc) is 2.22. The second kappa shape index (κ2) is 7.45. The Morgan fingerprint density at radius 3 is 2.47 bits per heavy atom. The average molecular weight is 244 g/mol. The third-order valence-corrected chi connectivity index (χ3v) is 3.15. The highest BCUT2D eigenvalue weighted by Crippen LogP contribution is 2.09. The minimum atomic E-state index is -0.836. The fourth-order valence-corrected chi connectivity index (χ4v) is 1.58. The molecule has 0 radical (unpaired) electrons. The summed E-state index contributed by atoms with van der Waals surface area (Å²) in [5, 5.41) is 18.8. The van der Waals surface area contributed by atoms with Gasteiger partial charge in [0.2, 0.25) is 0 Å². The summed E-state index contributed by atoms with van der Waals surface area (Å²) in [6.45, 7) is 4.20. The first-order chi connectivity index (χ1) is 7.81. The number of aliphatic carboxylic acids is 1. The van der Waals surface area contributed by atoms with Crippen molar-refractivity contribution in [1.29, 1.82) is 0 Å². The lowest BCUT2D eigenvalue weighted by molar-refractivity contribution is -0.906. The van der Waals surface area contributed by atoms with Crippen LogP contribution in [0.25, 0.3) is 0 Å². The number of hydrogen-bond donors (Lipinski definition) is 2. The van der Waals surface area contributed by atoms with Crippen molar-refractivity contribution >= 4 is 5.97 Å². The fraction of sp³-hybridized carbons (Fsp3) is 0.769. The lowest BCUT2D eigenvalue weighted by Crippen LogP contribution is -2.54. The molecule has 0 fully saturated rings. The third-order valence-electron chi connectivity index (χ3n) is 3.15. The van der Waals surface area contributed by atoms with E-state index in [4.69, 9.17) is 5.11 Å². The minimum Gasteiger partial charge on any atom is -0.477 e. The molecular formula is C13H26NO3+. The van der Waals surface area contributed by atoms with E-state index in [-0.39, 0.29) is 4.48 Å². The monoisotopic (exact) mass is 244 g/mol. The first-order valence-electron chi connectivity index (χ1n) is 6.21. The first kappa shape index (κ1) is 16.1. The smallest absolute Gasteiger partial charge is 0.362 e. The van der Waals surface area contributed by atoms with Gasteiger partial charge in [0.25, 0.3) is 0 Å². The van der Waals surface area contributed by atoms with Crippen molar-refractivity contribution < 1.29 is 19.5 Å². The van der Waals surface area contributed by atoms with Crippen LogP contribution in [0.1, 0.15) is 33.1 Å². The zero-order valence-electron chi connectivity index (χ0n) is 11.4. The predicted molar refractivity (Wildman–Crippen MR) is 68.7 cm³/mol. The van der Waals surface area contributed by atoms with Crippen LogP contribution < -0.4 is 0 Å². The number of quaternary nitrogens is 1. The second-order valence-corrected chi connectivity index (χ2v) is 5.11. The Labute approximate surface area is 104 Å². The molecule has 0 aromatic rings. The summed E-state index contributed by atoms with van der Waals surface area (Å²) >= 11 is 0. The molecule has 0 aromatic heterocycles. The van der Waals surface area contributed by atoms with Crippen LogP contribution in [0.2, 0.25) is 0 Å². The molecule has 0 spiro atoms. The molecule has 0 saturated heterocycles. The Morgan fingerprint density at radius 2 is 2.00 bits per heavy atom. The largest absolute Gasteiger partial charge is 0.477 e. The molecular weight excluding hydrogens is 218 g/mol. The molecule has 100 valence electrons. The van der Waals surface area contributed by atoms with E-state index >= 15 is 0 Å². The molecule has 17 heavy (non-hydrogen) atoms. The maximum Gasteiger partial charge on any atom is 0.362 e. The van der Waals surface area contributed by atoms with E-state index in [1.165, 1.54) is 0 Å². The quantitative estimate of drug-likeness (QED) is 0.388. The van der Waals surface area contributed by atoms with Gasteiger partial charge >= 0.3 is 5.97 Å². The highest BCUT2D eigenvalue weighted by Gasteiger charge is 2.31. The van der Waals surface area contributed by atoms with Crippen molar-refractivity contribution in [1.82, 2.24) is 0 Å². The van der Waals surface area contributed by atoms with Gasteiger partial charge in [-0.3, -0.25) is 0 Å². The van der Waals surface area contributed by atoms with Gasteiger partial charge in [0, 0.05) is 0 Å². The maximum absolute atomic E-state index is 10.9. The van der Waals surface area contributed by atoms with Gasteiger partial charge in [-0.05, 0) is 13.3 Å². The fourth-order valence-electron chi connectivity index (χ4n) is 1.58. The third kappa shape index (κ3) is 6.44. The van der Waals surface area contributed by atoms with Crippen LogP contribution in [0, 0.1) is 0 Å². The van der Waals surface area contributed by atoms with E-state index in [0.717, 1.165) is 19.3 Å². The van der Waals surface area contributed by atoms with Gasteiger partial charge in [-0.25, -0.2) is 4.79 Å². The van der Waals surface area contributed by atoms with Gasteiger partial charge in [0.15, 0.2) is 6.04 Å². The molecule has 4 nitrogen and oxygen atoms in total. The van der Waals surface area contributed by atoms with E-state index in [1.807, 2.05) is 20.2 Å². The van der Waals surface area contributed by atoms with Crippen LogP contribution in [0.3, 0.4) is 0 Å². The van der Waals surface area contributed by atoms with E-state index < -0.39 is 18.1 Å². The lowest BCUT2D eigenvalue weighted by atomic mass is 10.2. The molecule has 0 heterocycles. The van der Waals surface area contributed by atoms with Crippen molar-refractivity contribution in [3.05, 3.63) is 12.2 Å². The molecule has 0 rings (SSSR count). The van der Waals surface area contributed by atoms with Gasteiger partial charge in [0.05, 0.1) is 14.1 Å². The van der Waals surface area contributed by atoms with Crippen molar-refractivity contribution in [3.63, 3.8) is 0 Å². The number of hydrogen-bond acceptors (Lipinski definition) is 2. The number of unbranched alkanes of at least 4 members (excludes halogenated alkanes) is 2. The van der Waals surface area contributed by atoms with Crippen LogP contribution in [-0.4, -0.2) is 53.5 Å². The van der Waals surface area contributed by atoms with Crippen molar-refractivity contribution in [2.24, 2.45) is 0 Å². The topological polar surface area (TPSA) is 57.5 Å². The molecule has 0 aliphatic rings. The summed E-state index contributed by atoms with van der Waals surface area (Å²) in [4.78, 5) is 10.9. The number of carbonyl (C=O) groups is 1. The van der Waals surface area contributed by atoms with Crippen molar-refractivity contribution in [2.75, 3.05) is 20.6 Å². The highest BCUT2D eigenvalue weighted by atomic mass is 16.4. The van der Waals surface area contributed by atoms with Gasteiger partial charge in [-0.1, -0.05) is 31.9 Å². The zero-order valence-corrected chi connectivity index (χ0v) is 11.4. The number of nitrogens with zero attached hydrogens (tertiary/aromatic N) is 1. The summed E-state index contributed by atoms with van der Waals surface area (Å²) in [7, 11) is 3.64.